The molecular weight excluding hydrogens is 238 g/mol. The van der Waals surface area contributed by atoms with Gasteiger partial charge in [0.05, 0.1) is 22.8 Å². The average Bonchev–Trinajstić information content (AvgIpc) is 2.92. The van der Waals surface area contributed by atoms with Gasteiger partial charge in [-0.1, -0.05) is 12.1 Å². The largest absolute Gasteiger partial charge is 0.378 e. The Kier molecular flexibility index (Phi) is 3.60. The summed E-state index contributed by atoms with van der Waals surface area (Å²) in [5, 5.41) is 3.38. The third kappa shape index (κ3) is 2.84. The van der Waals surface area contributed by atoms with Crippen molar-refractivity contribution in [1.29, 1.82) is 0 Å². The Bertz CT molecular complexity index is 564. The van der Waals surface area contributed by atoms with Crippen molar-refractivity contribution in [3.63, 3.8) is 0 Å². The number of para-hydroxylation sites is 2. The van der Waals surface area contributed by atoms with Crippen LogP contribution in [0, 0.1) is 6.92 Å². The van der Waals surface area contributed by atoms with Gasteiger partial charge in [-0.15, -0.1) is 0 Å². The number of aromatic nitrogens is 2. The molecule has 0 aliphatic carbocycles. The van der Waals surface area contributed by atoms with E-state index in [1.54, 1.807) is 0 Å². The first-order chi connectivity index (χ1) is 9.33. The van der Waals surface area contributed by atoms with E-state index < -0.39 is 0 Å². The van der Waals surface area contributed by atoms with E-state index in [1.165, 1.54) is 12.8 Å². The van der Waals surface area contributed by atoms with Gasteiger partial charge < -0.3 is 10.1 Å². The topological polar surface area (TPSA) is 47.0 Å². The Hall–Kier alpha value is -1.68. The number of hydrogen-bond acceptors (Lipinski definition) is 4. The van der Waals surface area contributed by atoms with Crippen molar-refractivity contribution in [2.24, 2.45) is 0 Å². The normalized spacial score (nSPS) is 18.9. The minimum absolute atomic E-state index is 0.418. The fourth-order valence-corrected chi connectivity index (χ4v) is 2.48. The van der Waals surface area contributed by atoms with Gasteiger partial charge in [-0.3, -0.25) is 0 Å². The Morgan fingerprint density at radius 1 is 1.26 bits per heavy atom. The highest BCUT2D eigenvalue weighted by Gasteiger charge is 2.15. The molecule has 1 aromatic heterocycles. The summed E-state index contributed by atoms with van der Waals surface area (Å²) in [5.74, 6) is 0.886. The van der Waals surface area contributed by atoms with Crippen molar-refractivity contribution < 1.29 is 4.74 Å². The quantitative estimate of drug-likeness (QED) is 0.914. The molecule has 0 bridgehead atoms. The summed E-state index contributed by atoms with van der Waals surface area (Å²) in [6.07, 6.45) is 3.83. The molecule has 1 fully saturated rings. The Labute approximate surface area is 113 Å². The lowest BCUT2D eigenvalue weighted by Crippen LogP contribution is -2.14. The third-order valence-electron chi connectivity index (χ3n) is 3.53. The Morgan fingerprint density at radius 2 is 2.05 bits per heavy atom. The van der Waals surface area contributed by atoms with Gasteiger partial charge in [-0.2, -0.15) is 0 Å². The monoisotopic (exact) mass is 257 g/mol. The van der Waals surface area contributed by atoms with E-state index >= 15 is 0 Å². The summed E-state index contributed by atoms with van der Waals surface area (Å²) in [5.41, 5.74) is 2.84. The van der Waals surface area contributed by atoms with Gasteiger partial charge in [0, 0.05) is 13.2 Å². The van der Waals surface area contributed by atoms with Crippen LogP contribution in [0.3, 0.4) is 0 Å². The van der Waals surface area contributed by atoms with Crippen molar-refractivity contribution in [2.75, 3.05) is 18.5 Å². The van der Waals surface area contributed by atoms with Crippen LogP contribution in [0.5, 0.6) is 0 Å². The van der Waals surface area contributed by atoms with E-state index in [-0.39, 0.29) is 0 Å². The second-order valence-electron chi connectivity index (χ2n) is 5.00. The highest BCUT2D eigenvalue weighted by atomic mass is 16.5. The minimum atomic E-state index is 0.418. The molecule has 0 unspecified atom stereocenters. The van der Waals surface area contributed by atoms with Crippen molar-refractivity contribution in [2.45, 2.75) is 32.3 Å². The summed E-state index contributed by atoms with van der Waals surface area (Å²) < 4.78 is 5.62. The maximum atomic E-state index is 5.62. The maximum Gasteiger partial charge on any atom is 0.148 e. The van der Waals surface area contributed by atoms with Gasteiger partial charge in [0.25, 0.3) is 0 Å². The van der Waals surface area contributed by atoms with Crippen LogP contribution in [0.15, 0.2) is 24.3 Å². The second kappa shape index (κ2) is 5.53. The van der Waals surface area contributed by atoms with Crippen molar-refractivity contribution >= 4 is 16.9 Å². The Morgan fingerprint density at radius 3 is 2.79 bits per heavy atom. The first kappa shape index (κ1) is 12.4. The molecule has 100 valence electrons. The van der Waals surface area contributed by atoms with Crippen LogP contribution in [0.2, 0.25) is 0 Å². The van der Waals surface area contributed by atoms with Crippen LogP contribution in [0.1, 0.15) is 25.0 Å². The average molecular weight is 257 g/mol. The standard InChI is InChI=1S/C15H19N3O/c1-11-15(16-9-8-12-5-4-10-19-12)18-14-7-3-2-6-13(14)17-11/h2-3,6-7,12H,4-5,8-10H2,1H3,(H,16,18)/t12-/m0/s1. The zero-order valence-electron chi connectivity index (χ0n) is 11.2. The third-order valence-corrected chi connectivity index (χ3v) is 3.53. The van der Waals surface area contributed by atoms with Gasteiger partial charge >= 0.3 is 0 Å². The van der Waals surface area contributed by atoms with Gasteiger partial charge in [-0.05, 0) is 38.3 Å². The molecule has 3 rings (SSSR count). The minimum Gasteiger partial charge on any atom is -0.378 e. The Balaban J connectivity index is 1.67. The van der Waals surface area contributed by atoms with Crippen LogP contribution in [0.4, 0.5) is 5.82 Å². The van der Waals surface area contributed by atoms with Gasteiger partial charge in [-0.25, -0.2) is 9.97 Å². The molecule has 1 N–H and O–H groups in total. The zero-order valence-corrected chi connectivity index (χ0v) is 11.2. The van der Waals surface area contributed by atoms with Gasteiger partial charge in [0.15, 0.2) is 0 Å². The number of nitrogens with zero attached hydrogens (tertiary/aromatic N) is 2. The fraction of sp³-hybridized carbons (Fsp3) is 0.467. The number of ether oxygens (including phenoxy) is 1. The van der Waals surface area contributed by atoms with E-state index in [2.05, 4.69) is 15.3 Å². The van der Waals surface area contributed by atoms with Crippen molar-refractivity contribution in [1.82, 2.24) is 9.97 Å². The fourth-order valence-electron chi connectivity index (χ4n) is 2.48. The molecule has 2 heterocycles. The number of rotatable bonds is 4. The van der Waals surface area contributed by atoms with Crippen LogP contribution >= 0.6 is 0 Å². The molecule has 4 heteroatoms. The molecule has 2 aromatic rings. The highest BCUT2D eigenvalue weighted by molar-refractivity contribution is 5.76. The van der Waals surface area contributed by atoms with E-state index in [0.717, 1.165) is 42.1 Å². The smallest absolute Gasteiger partial charge is 0.148 e. The predicted molar refractivity (Wildman–Crippen MR) is 76.4 cm³/mol. The molecule has 1 saturated heterocycles. The molecule has 1 atom stereocenters. The molecule has 0 amide bonds. The first-order valence-electron chi connectivity index (χ1n) is 6.92. The predicted octanol–water partition coefficient (Wildman–Crippen LogP) is 2.92. The number of nitrogens with one attached hydrogen (secondary N) is 1. The van der Waals surface area contributed by atoms with Crippen LogP contribution in [-0.4, -0.2) is 29.2 Å². The SMILES string of the molecule is Cc1nc2ccccc2nc1NCC[C@@H]1CCCO1. The molecule has 1 aliphatic heterocycles. The second-order valence-corrected chi connectivity index (χ2v) is 5.00. The van der Waals surface area contributed by atoms with E-state index in [0.29, 0.717) is 6.10 Å². The summed E-state index contributed by atoms with van der Waals surface area (Å²) in [7, 11) is 0. The van der Waals surface area contributed by atoms with Crippen molar-refractivity contribution in [3.8, 4) is 0 Å². The molecule has 4 nitrogen and oxygen atoms in total. The van der Waals surface area contributed by atoms with Gasteiger partial charge in [0.2, 0.25) is 0 Å². The maximum absolute atomic E-state index is 5.62. The first-order valence-corrected chi connectivity index (χ1v) is 6.92. The van der Waals surface area contributed by atoms with Crippen LogP contribution in [0.25, 0.3) is 11.0 Å². The molecule has 0 spiro atoms. The van der Waals surface area contributed by atoms with Crippen LogP contribution < -0.4 is 5.32 Å². The van der Waals surface area contributed by atoms with E-state index in [4.69, 9.17) is 4.74 Å². The molecule has 0 saturated carbocycles. The van der Waals surface area contributed by atoms with Crippen molar-refractivity contribution in [3.05, 3.63) is 30.0 Å². The lowest BCUT2D eigenvalue weighted by atomic mass is 10.2. The van der Waals surface area contributed by atoms with Gasteiger partial charge in [0.1, 0.15) is 5.82 Å². The summed E-state index contributed by atoms with van der Waals surface area (Å²) >= 11 is 0. The molecular formula is C15H19N3O. The zero-order chi connectivity index (χ0) is 13.1. The number of fused-ring (bicyclic) bond motifs is 1. The van der Waals surface area contributed by atoms with E-state index in [1.807, 2.05) is 31.2 Å². The number of aryl methyl sites for hydroxylation is 1. The lowest BCUT2D eigenvalue weighted by Gasteiger charge is -2.12. The number of anilines is 1. The highest BCUT2D eigenvalue weighted by Crippen LogP contribution is 2.18. The number of hydrogen-bond donors (Lipinski definition) is 1. The molecule has 19 heavy (non-hydrogen) atoms. The van der Waals surface area contributed by atoms with E-state index in [9.17, 15) is 0 Å². The number of benzene rings is 1. The van der Waals surface area contributed by atoms with Crippen LogP contribution in [-0.2, 0) is 4.74 Å². The summed E-state index contributed by atoms with van der Waals surface area (Å²) in [4.78, 5) is 9.19. The molecule has 1 aliphatic rings. The molecule has 1 aromatic carbocycles. The molecule has 0 radical (unpaired) electrons. The summed E-state index contributed by atoms with van der Waals surface area (Å²) in [6.45, 7) is 3.80. The summed E-state index contributed by atoms with van der Waals surface area (Å²) in [6, 6.07) is 7.96. The lowest BCUT2D eigenvalue weighted by molar-refractivity contribution is 0.107.